The van der Waals surface area contributed by atoms with E-state index < -0.39 is 12.1 Å². The summed E-state index contributed by atoms with van der Waals surface area (Å²) >= 11 is 1.44. The summed E-state index contributed by atoms with van der Waals surface area (Å²) in [5, 5.41) is 19.7. The quantitative estimate of drug-likeness (QED) is 0.618. The number of ether oxygens (including phenoxy) is 1. The maximum atomic E-state index is 11.3. The first kappa shape index (κ1) is 18.3. The molecule has 2 aromatic carbocycles. The number of carboxylic acid groups (broad SMARTS) is 1. The predicted octanol–water partition coefficient (Wildman–Crippen LogP) is 3.48. The number of methoxy groups -OCH3 is 1. The Morgan fingerprint density at radius 1 is 1.31 bits per heavy atom. The Kier molecular flexibility index (Phi) is 5.49. The number of hydrogen-bond acceptors (Lipinski definition) is 5. The average Bonchev–Trinajstić information content (AvgIpc) is 2.96. The van der Waals surface area contributed by atoms with Crippen molar-refractivity contribution in [3.8, 4) is 5.75 Å². The van der Waals surface area contributed by atoms with Crippen molar-refractivity contribution in [1.82, 2.24) is 9.55 Å². The van der Waals surface area contributed by atoms with E-state index in [2.05, 4.69) is 4.98 Å². The summed E-state index contributed by atoms with van der Waals surface area (Å²) in [6, 6.07) is 13.0. The molecule has 0 saturated heterocycles. The third kappa shape index (κ3) is 3.84. The Labute approximate surface area is 155 Å². The number of nitrogens with zero attached hydrogens (tertiary/aromatic N) is 2. The molecule has 0 aliphatic rings. The van der Waals surface area contributed by atoms with Gasteiger partial charge >= 0.3 is 5.97 Å². The first-order valence-corrected chi connectivity index (χ1v) is 9.13. The minimum Gasteiger partial charge on any atom is -0.496 e. The van der Waals surface area contributed by atoms with Crippen molar-refractivity contribution in [3.63, 3.8) is 0 Å². The van der Waals surface area contributed by atoms with Crippen molar-refractivity contribution in [1.29, 1.82) is 0 Å². The Morgan fingerprint density at radius 3 is 2.77 bits per heavy atom. The molecule has 0 spiro atoms. The number of hydrogen-bond donors (Lipinski definition) is 2. The second-order valence-corrected chi connectivity index (χ2v) is 6.84. The molecular weight excluding hydrogens is 352 g/mol. The van der Waals surface area contributed by atoms with E-state index in [0.717, 1.165) is 27.9 Å². The van der Waals surface area contributed by atoms with Crippen LogP contribution in [-0.2, 0) is 17.1 Å². The zero-order chi connectivity index (χ0) is 18.7. The molecule has 1 heterocycles. The predicted molar refractivity (Wildman–Crippen MR) is 101 cm³/mol. The number of para-hydroxylation sites is 2. The molecule has 0 bridgehead atoms. The van der Waals surface area contributed by atoms with E-state index >= 15 is 0 Å². The van der Waals surface area contributed by atoms with Gasteiger partial charge in [-0.1, -0.05) is 30.0 Å². The summed E-state index contributed by atoms with van der Waals surface area (Å²) in [6.07, 6.45) is -0.568. The topological polar surface area (TPSA) is 84.6 Å². The molecule has 6 nitrogen and oxygen atoms in total. The van der Waals surface area contributed by atoms with Gasteiger partial charge in [-0.15, -0.1) is 0 Å². The fourth-order valence-electron chi connectivity index (χ4n) is 2.77. The Morgan fingerprint density at radius 2 is 2.08 bits per heavy atom. The molecule has 1 atom stereocenters. The second kappa shape index (κ2) is 7.80. The van der Waals surface area contributed by atoms with Crippen LogP contribution < -0.4 is 4.74 Å². The minimum absolute atomic E-state index is 0.145. The Balaban J connectivity index is 1.92. The highest BCUT2D eigenvalue weighted by Gasteiger charge is 2.15. The third-order valence-corrected chi connectivity index (χ3v) is 5.08. The molecule has 0 saturated carbocycles. The average molecular weight is 372 g/mol. The van der Waals surface area contributed by atoms with Gasteiger partial charge in [0.25, 0.3) is 0 Å². The Bertz CT molecular complexity index is 936. The Hall–Kier alpha value is -2.51. The number of aromatic nitrogens is 2. The zero-order valence-electron chi connectivity index (χ0n) is 14.5. The van der Waals surface area contributed by atoms with Crippen molar-refractivity contribution in [3.05, 3.63) is 53.6 Å². The number of fused-ring (bicyclic) bond motifs is 1. The summed E-state index contributed by atoms with van der Waals surface area (Å²) in [4.78, 5) is 15.8. The van der Waals surface area contributed by atoms with E-state index in [4.69, 9.17) is 4.74 Å². The van der Waals surface area contributed by atoms with E-state index in [1.165, 1.54) is 11.8 Å². The molecule has 0 fully saturated rings. The molecule has 3 aromatic rings. The molecule has 2 N–H and O–H groups in total. The number of aliphatic carboxylic acids is 1. The molecule has 1 unspecified atom stereocenters. The lowest BCUT2D eigenvalue weighted by atomic mass is 10.1. The number of aliphatic hydroxyl groups is 1. The van der Waals surface area contributed by atoms with E-state index in [9.17, 15) is 15.0 Å². The largest absolute Gasteiger partial charge is 0.496 e. The number of carbonyl (C=O) groups is 1. The minimum atomic E-state index is -0.913. The van der Waals surface area contributed by atoms with Gasteiger partial charge in [-0.3, -0.25) is 4.79 Å². The van der Waals surface area contributed by atoms with Gasteiger partial charge in [-0.05, 0) is 36.8 Å². The normalized spacial score (nSPS) is 12.3. The smallest absolute Gasteiger partial charge is 0.323 e. The van der Waals surface area contributed by atoms with Crippen LogP contribution in [0.4, 0.5) is 0 Å². The molecule has 7 heteroatoms. The van der Waals surface area contributed by atoms with Gasteiger partial charge in [0.2, 0.25) is 0 Å². The maximum absolute atomic E-state index is 11.3. The van der Waals surface area contributed by atoms with Gasteiger partial charge in [-0.25, -0.2) is 4.98 Å². The number of rotatable bonds is 7. The van der Waals surface area contributed by atoms with Gasteiger partial charge in [0.15, 0.2) is 5.16 Å². The van der Waals surface area contributed by atoms with Crippen LogP contribution in [0, 0.1) is 0 Å². The highest BCUT2D eigenvalue weighted by Crippen LogP contribution is 2.31. The van der Waals surface area contributed by atoms with Gasteiger partial charge in [0, 0.05) is 11.3 Å². The third-order valence-electron chi connectivity index (χ3n) is 4.06. The van der Waals surface area contributed by atoms with Crippen LogP contribution in [0.15, 0.2) is 47.6 Å². The van der Waals surface area contributed by atoms with Crippen LogP contribution in [-0.4, -0.2) is 32.8 Å². The maximum Gasteiger partial charge on any atom is 0.323 e. The highest BCUT2D eigenvalue weighted by atomic mass is 32.2. The molecular formula is C19H20N2O4S. The van der Waals surface area contributed by atoms with Gasteiger partial charge in [0.05, 0.1) is 24.2 Å². The second-order valence-electron chi connectivity index (χ2n) is 5.90. The van der Waals surface area contributed by atoms with Crippen LogP contribution in [0.1, 0.15) is 24.2 Å². The number of benzene rings is 2. The summed E-state index contributed by atoms with van der Waals surface area (Å²) in [7, 11) is 1.60. The lowest BCUT2D eigenvalue weighted by Crippen LogP contribution is -2.09. The van der Waals surface area contributed by atoms with E-state index in [-0.39, 0.29) is 6.54 Å². The van der Waals surface area contributed by atoms with Crippen LogP contribution in [0.2, 0.25) is 0 Å². The molecule has 0 amide bonds. The van der Waals surface area contributed by atoms with Crippen molar-refractivity contribution >= 4 is 28.8 Å². The van der Waals surface area contributed by atoms with Gasteiger partial charge in [-0.2, -0.15) is 0 Å². The summed E-state index contributed by atoms with van der Waals surface area (Å²) in [6.45, 7) is 1.57. The lowest BCUT2D eigenvalue weighted by molar-refractivity contribution is -0.137. The molecule has 0 aliphatic carbocycles. The van der Waals surface area contributed by atoms with Crippen LogP contribution in [0.5, 0.6) is 5.75 Å². The van der Waals surface area contributed by atoms with Crippen LogP contribution in [0.3, 0.4) is 0 Å². The first-order chi connectivity index (χ1) is 12.5. The molecule has 26 heavy (non-hydrogen) atoms. The molecule has 0 aliphatic heterocycles. The van der Waals surface area contributed by atoms with Crippen molar-refractivity contribution in [2.24, 2.45) is 0 Å². The van der Waals surface area contributed by atoms with Crippen molar-refractivity contribution in [2.75, 3.05) is 7.11 Å². The first-order valence-electron chi connectivity index (χ1n) is 8.14. The van der Waals surface area contributed by atoms with Gasteiger partial charge in [0.1, 0.15) is 12.3 Å². The molecule has 136 valence electrons. The van der Waals surface area contributed by atoms with E-state index in [1.807, 2.05) is 42.5 Å². The molecule has 1 aromatic heterocycles. The van der Waals surface area contributed by atoms with Gasteiger partial charge < -0.3 is 19.5 Å². The van der Waals surface area contributed by atoms with Crippen molar-refractivity contribution in [2.45, 2.75) is 30.5 Å². The van der Waals surface area contributed by atoms with Crippen LogP contribution >= 0.6 is 11.8 Å². The van der Waals surface area contributed by atoms with E-state index in [1.54, 1.807) is 18.6 Å². The van der Waals surface area contributed by atoms with Crippen molar-refractivity contribution < 1.29 is 19.7 Å². The monoisotopic (exact) mass is 372 g/mol. The SMILES string of the molecule is COc1ccc(C(C)O)cc1CSc1nc2ccccc2n1CC(=O)O. The lowest BCUT2D eigenvalue weighted by Gasteiger charge is -2.12. The highest BCUT2D eigenvalue weighted by molar-refractivity contribution is 7.98. The standard InChI is InChI=1S/C19H20N2O4S/c1-12(22)13-7-8-17(25-2)14(9-13)11-26-19-20-15-5-3-4-6-16(15)21(19)10-18(23)24/h3-9,12,22H,10-11H2,1-2H3,(H,23,24). The molecule has 3 rings (SSSR count). The van der Waals surface area contributed by atoms with E-state index in [0.29, 0.717) is 10.9 Å². The number of imidazole rings is 1. The number of thioether (sulfide) groups is 1. The zero-order valence-corrected chi connectivity index (χ0v) is 15.4. The number of aliphatic hydroxyl groups excluding tert-OH is 1. The molecule has 0 radical (unpaired) electrons. The fraction of sp³-hybridized carbons (Fsp3) is 0.263. The summed E-state index contributed by atoms with van der Waals surface area (Å²) < 4.78 is 7.11. The van der Waals surface area contributed by atoms with Crippen LogP contribution in [0.25, 0.3) is 11.0 Å². The summed E-state index contributed by atoms with van der Waals surface area (Å²) in [5.41, 5.74) is 3.29. The fourth-order valence-corrected chi connectivity index (χ4v) is 3.76. The number of carboxylic acids is 1. The summed E-state index contributed by atoms with van der Waals surface area (Å²) in [5.74, 6) is 0.360.